The van der Waals surface area contributed by atoms with E-state index < -0.39 is 5.91 Å². The zero-order valence-electron chi connectivity index (χ0n) is 9.67. The van der Waals surface area contributed by atoms with Crippen LogP contribution in [0, 0.1) is 0 Å². The first-order chi connectivity index (χ1) is 8.69. The Hall–Kier alpha value is -2.40. The number of amides is 1. The van der Waals surface area contributed by atoms with E-state index in [0.717, 1.165) is 5.56 Å². The molecule has 92 valence electrons. The lowest BCUT2D eigenvalue weighted by molar-refractivity contribution is 0.1000. The molecule has 4 N–H and O–H groups in total. The summed E-state index contributed by atoms with van der Waals surface area (Å²) in [7, 11) is 0. The molecule has 0 radical (unpaired) electrons. The summed E-state index contributed by atoms with van der Waals surface area (Å²) in [6.07, 6.45) is 1.48. The van der Waals surface area contributed by atoms with Crippen molar-refractivity contribution in [2.24, 2.45) is 11.5 Å². The molecule has 0 spiro atoms. The predicted octanol–water partition coefficient (Wildman–Crippen LogP) is 1.43. The quantitative estimate of drug-likeness (QED) is 0.849. The van der Waals surface area contributed by atoms with Crippen LogP contribution < -0.4 is 16.2 Å². The highest BCUT2D eigenvalue weighted by Gasteiger charge is 2.04. The smallest absolute Gasteiger partial charge is 0.248 e. The van der Waals surface area contributed by atoms with Gasteiger partial charge in [-0.25, -0.2) is 4.98 Å². The van der Waals surface area contributed by atoms with Gasteiger partial charge in [0, 0.05) is 24.4 Å². The Labute approximate surface area is 104 Å². The Bertz CT molecular complexity index is 552. The molecule has 2 aromatic rings. The van der Waals surface area contributed by atoms with E-state index in [1.807, 2.05) is 12.1 Å². The van der Waals surface area contributed by atoms with Gasteiger partial charge in [0.2, 0.25) is 11.8 Å². The van der Waals surface area contributed by atoms with Crippen molar-refractivity contribution in [2.45, 2.75) is 6.54 Å². The Kier molecular flexibility index (Phi) is 3.54. The Morgan fingerprint density at radius 2 is 1.94 bits per heavy atom. The summed E-state index contributed by atoms with van der Waals surface area (Å²) in [5, 5.41) is 0. The second-order valence-corrected chi connectivity index (χ2v) is 3.70. The van der Waals surface area contributed by atoms with E-state index in [1.54, 1.807) is 12.1 Å². The molecule has 2 rings (SSSR count). The van der Waals surface area contributed by atoms with E-state index >= 15 is 0 Å². The molecular formula is C13H13N3O2. The number of nitrogens with zero attached hydrogens (tertiary/aromatic N) is 1. The van der Waals surface area contributed by atoms with Crippen LogP contribution in [0.25, 0.3) is 0 Å². The minimum absolute atomic E-state index is 0.326. The summed E-state index contributed by atoms with van der Waals surface area (Å²) in [4.78, 5) is 15.0. The molecular weight excluding hydrogens is 230 g/mol. The highest BCUT2D eigenvalue weighted by atomic mass is 16.5. The number of benzene rings is 1. The highest BCUT2D eigenvalue weighted by Crippen LogP contribution is 2.20. The van der Waals surface area contributed by atoms with Crippen LogP contribution in [0.5, 0.6) is 11.6 Å². The van der Waals surface area contributed by atoms with Gasteiger partial charge in [-0.1, -0.05) is 12.1 Å². The maximum atomic E-state index is 11.0. The average molecular weight is 243 g/mol. The number of hydrogen-bond acceptors (Lipinski definition) is 4. The molecule has 0 aliphatic rings. The van der Waals surface area contributed by atoms with E-state index in [-0.39, 0.29) is 0 Å². The second kappa shape index (κ2) is 5.29. The number of carbonyl (C=O) groups is 1. The van der Waals surface area contributed by atoms with E-state index in [0.29, 0.717) is 23.7 Å². The molecule has 5 heteroatoms. The van der Waals surface area contributed by atoms with Crippen LogP contribution in [0.15, 0.2) is 42.6 Å². The summed E-state index contributed by atoms with van der Waals surface area (Å²) in [6, 6.07) is 10.4. The Morgan fingerprint density at radius 3 is 2.56 bits per heavy atom. The predicted molar refractivity (Wildman–Crippen MR) is 67.2 cm³/mol. The van der Waals surface area contributed by atoms with Gasteiger partial charge in [0.25, 0.3) is 0 Å². The standard InChI is InChI=1S/C13H13N3O2/c14-8-9-1-3-11(4-2-9)18-12-7-10(13(15)17)5-6-16-12/h1-7H,8,14H2,(H2,15,17). The Balaban J connectivity index is 2.17. The number of ether oxygens (including phenoxy) is 1. The molecule has 0 bridgehead atoms. The van der Waals surface area contributed by atoms with Crippen molar-refractivity contribution in [3.63, 3.8) is 0 Å². The highest BCUT2D eigenvalue weighted by molar-refractivity contribution is 5.92. The maximum Gasteiger partial charge on any atom is 0.248 e. The lowest BCUT2D eigenvalue weighted by Crippen LogP contribution is -2.10. The summed E-state index contributed by atoms with van der Waals surface area (Å²) < 4.78 is 5.51. The molecule has 0 aliphatic heterocycles. The minimum atomic E-state index is -0.513. The molecule has 0 saturated heterocycles. The molecule has 0 unspecified atom stereocenters. The van der Waals surface area contributed by atoms with Crippen LogP contribution in [0.3, 0.4) is 0 Å². The molecule has 1 aromatic heterocycles. The third kappa shape index (κ3) is 2.83. The van der Waals surface area contributed by atoms with E-state index in [4.69, 9.17) is 16.2 Å². The van der Waals surface area contributed by atoms with Gasteiger partial charge < -0.3 is 16.2 Å². The van der Waals surface area contributed by atoms with Gasteiger partial charge in [-0.2, -0.15) is 0 Å². The summed E-state index contributed by atoms with van der Waals surface area (Å²) in [5.74, 6) is 0.439. The van der Waals surface area contributed by atoms with Gasteiger partial charge in [0.15, 0.2) is 0 Å². The van der Waals surface area contributed by atoms with Crippen LogP contribution in [-0.4, -0.2) is 10.9 Å². The zero-order valence-corrected chi connectivity index (χ0v) is 9.67. The van der Waals surface area contributed by atoms with Crippen LogP contribution in [0.2, 0.25) is 0 Å². The van der Waals surface area contributed by atoms with Crippen molar-refractivity contribution in [3.05, 3.63) is 53.7 Å². The first-order valence-corrected chi connectivity index (χ1v) is 5.42. The normalized spacial score (nSPS) is 10.1. The van der Waals surface area contributed by atoms with Crippen molar-refractivity contribution in [1.29, 1.82) is 0 Å². The van der Waals surface area contributed by atoms with E-state index in [2.05, 4.69) is 4.98 Å². The topological polar surface area (TPSA) is 91.2 Å². The third-order valence-corrected chi connectivity index (χ3v) is 2.40. The number of carbonyl (C=O) groups excluding carboxylic acids is 1. The Morgan fingerprint density at radius 1 is 1.22 bits per heavy atom. The monoisotopic (exact) mass is 243 g/mol. The number of pyridine rings is 1. The third-order valence-electron chi connectivity index (χ3n) is 2.40. The fraction of sp³-hybridized carbons (Fsp3) is 0.0769. The first kappa shape index (κ1) is 12.1. The molecule has 0 saturated carbocycles. The SMILES string of the molecule is NCc1ccc(Oc2cc(C(N)=O)ccn2)cc1. The number of aromatic nitrogens is 1. The van der Waals surface area contributed by atoms with Crippen molar-refractivity contribution < 1.29 is 9.53 Å². The van der Waals surface area contributed by atoms with Crippen LogP contribution >= 0.6 is 0 Å². The van der Waals surface area contributed by atoms with Gasteiger partial charge in [0.05, 0.1) is 0 Å². The molecule has 0 fully saturated rings. The molecule has 1 amide bonds. The van der Waals surface area contributed by atoms with Gasteiger partial charge in [-0.3, -0.25) is 4.79 Å². The van der Waals surface area contributed by atoms with Crippen molar-refractivity contribution in [1.82, 2.24) is 4.98 Å². The molecule has 1 heterocycles. The molecule has 5 nitrogen and oxygen atoms in total. The van der Waals surface area contributed by atoms with Crippen molar-refractivity contribution >= 4 is 5.91 Å². The lowest BCUT2D eigenvalue weighted by atomic mass is 10.2. The first-order valence-electron chi connectivity index (χ1n) is 5.42. The molecule has 0 atom stereocenters. The average Bonchev–Trinajstić information content (AvgIpc) is 2.40. The van der Waals surface area contributed by atoms with Crippen LogP contribution in [0.4, 0.5) is 0 Å². The van der Waals surface area contributed by atoms with Crippen molar-refractivity contribution in [3.8, 4) is 11.6 Å². The van der Waals surface area contributed by atoms with Gasteiger partial charge in [-0.15, -0.1) is 0 Å². The van der Waals surface area contributed by atoms with E-state index in [9.17, 15) is 4.79 Å². The van der Waals surface area contributed by atoms with E-state index in [1.165, 1.54) is 18.3 Å². The molecule has 0 aliphatic carbocycles. The summed E-state index contributed by atoms with van der Waals surface area (Å²) >= 11 is 0. The largest absolute Gasteiger partial charge is 0.439 e. The van der Waals surface area contributed by atoms with Gasteiger partial charge in [0.1, 0.15) is 5.75 Å². The van der Waals surface area contributed by atoms with Crippen LogP contribution in [0.1, 0.15) is 15.9 Å². The lowest BCUT2D eigenvalue weighted by Gasteiger charge is -2.06. The van der Waals surface area contributed by atoms with Crippen LogP contribution in [-0.2, 0) is 6.54 Å². The molecule has 18 heavy (non-hydrogen) atoms. The van der Waals surface area contributed by atoms with Gasteiger partial charge in [-0.05, 0) is 23.8 Å². The number of primary amides is 1. The fourth-order valence-electron chi connectivity index (χ4n) is 1.43. The zero-order chi connectivity index (χ0) is 13.0. The summed E-state index contributed by atoms with van der Waals surface area (Å²) in [6.45, 7) is 0.482. The van der Waals surface area contributed by atoms with Gasteiger partial charge >= 0.3 is 0 Å². The molecule has 1 aromatic carbocycles. The maximum absolute atomic E-state index is 11.0. The number of nitrogens with two attached hydrogens (primary N) is 2. The van der Waals surface area contributed by atoms with Crippen molar-refractivity contribution in [2.75, 3.05) is 0 Å². The minimum Gasteiger partial charge on any atom is -0.439 e. The fourth-order valence-corrected chi connectivity index (χ4v) is 1.43. The summed E-state index contributed by atoms with van der Waals surface area (Å²) in [5.41, 5.74) is 12.1. The second-order valence-electron chi connectivity index (χ2n) is 3.70. The number of rotatable bonds is 4. The number of hydrogen-bond donors (Lipinski definition) is 2.